The average molecular weight is 340 g/mol. The third-order valence-electron chi connectivity index (χ3n) is 4.27. The third kappa shape index (κ3) is 3.08. The maximum atomic E-state index is 13.0. The van der Waals surface area contributed by atoms with Gasteiger partial charge in [0.25, 0.3) is 11.6 Å². The smallest absolute Gasteiger partial charge is 0.328 e. The molecule has 1 aliphatic rings. The van der Waals surface area contributed by atoms with Crippen molar-refractivity contribution in [2.45, 2.75) is 18.9 Å². The van der Waals surface area contributed by atoms with Gasteiger partial charge < -0.3 is 4.74 Å². The number of non-ortho nitro benzene ring substituents is 1. The fraction of sp³-hybridized carbons (Fsp3) is 0.222. The summed E-state index contributed by atoms with van der Waals surface area (Å²) in [5.41, 5.74) is 1.81. The van der Waals surface area contributed by atoms with Crippen LogP contribution >= 0.6 is 0 Å². The minimum atomic E-state index is -0.720. The topological polar surface area (TPSA) is 89.8 Å². The highest BCUT2D eigenvalue weighted by Gasteiger charge is 2.36. The van der Waals surface area contributed by atoms with E-state index in [2.05, 4.69) is 0 Å². The minimum Gasteiger partial charge on any atom is -0.467 e. The Morgan fingerprint density at radius 3 is 2.48 bits per heavy atom. The minimum absolute atomic E-state index is 0.0971. The highest BCUT2D eigenvalue weighted by Crippen LogP contribution is 2.32. The largest absolute Gasteiger partial charge is 0.467 e. The highest BCUT2D eigenvalue weighted by molar-refractivity contribution is 6.10. The lowest BCUT2D eigenvalue weighted by Gasteiger charge is -2.35. The van der Waals surface area contributed by atoms with Crippen molar-refractivity contribution in [3.63, 3.8) is 0 Å². The fourth-order valence-electron chi connectivity index (χ4n) is 3.02. The maximum absolute atomic E-state index is 13.0. The van der Waals surface area contributed by atoms with Crippen molar-refractivity contribution in [2.24, 2.45) is 0 Å². The first-order valence-electron chi connectivity index (χ1n) is 7.76. The van der Waals surface area contributed by atoms with E-state index in [1.165, 1.54) is 36.3 Å². The number of hydrogen-bond acceptors (Lipinski definition) is 5. The monoisotopic (exact) mass is 340 g/mol. The summed E-state index contributed by atoms with van der Waals surface area (Å²) in [5, 5.41) is 10.8. The normalized spacial score (nSPS) is 16.0. The van der Waals surface area contributed by atoms with E-state index in [-0.39, 0.29) is 11.3 Å². The number of aryl methyl sites for hydroxylation is 1. The van der Waals surface area contributed by atoms with Crippen LogP contribution in [0.3, 0.4) is 0 Å². The number of rotatable bonds is 3. The number of nitro benzene ring substituents is 1. The zero-order chi connectivity index (χ0) is 18.0. The lowest BCUT2D eigenvalue weighted by Crippen LogP contribution is -2.48. The molecule has 25 heavy (non-hydrogen) atoms. The SMILES string of the molecule is COC(=O)C1CCc2ccccc2N1C(=O)c1ccc([N+](=O)[O-])cc1. The number of carbonyl (C=O) groups excluding carboxylic acids is 2. The van der Waals surface area contributed by atoms with Crippen LogP contribution in [0.25, 0.3) is 0 Å². The number of esters is 1. The van der Waals surface area contributed by atoms with Crippen LogP contribution in [0.2, 0.25) is 0 Å². The van der Waals surface area contributed by atoms with Gasteiger partial charge in [0.1, 0.15) is 6.04 Å². The number of amides is 1. The van der Waals surface area contributed by atoms with Gasteiger partial charge in [-0.2, -0.15) is 0 Å². The molecule has 1 atom stereocenters. The summed E-state index contributed by atoms with van der Waals surface area (Å²) in [6, 6.07) is 12.0. The molecule has 2 aromatic rings. The number of carbonyl (C=O) groups is 2. The van der Waals surface area contributed by atoms with E-state index in [9.17, 15) is 19.7 Å². The first-order valence-corrected chi connectivity index (χ1v) is 7.76. The van der Waals surface area contributed by atoms with Crippen LogP contribution in [0.1, 0.15) is 22.3 Å². The summed E-state index contributed by atoms with van der Waals surface area (Å²) in [4.78, 5) is 36.9. The molecule has 0 aromatic heterocycles. The Morgan fingerprint density at radius 1 is 1.16 bits per heavy atom. The van der Waals surface area contributed by atoms with Crippen LogP contribution in [0, 0.1) is 10.1 Å². The standard InChI is InChI=1S/C18H16N2O5/c1-25-18(22)16-11-8-12-4-2-3-5-15(12)19(16)17(21)13-6-9-14(10-7-13)20(23)24/h2-7,9-10,16H,8,11H2,1H3. The van der Waals surface area contributed by atoms with Crippen LogP contribution in [-0.2, 0) is 16.0 Å². The Labute approximate surface area is 144 Å². The van der Waals surface area contributed by atoms with Gasteiger partial charge in [-0.05, 0) is 36.6 Å². The number of hydrogen-bond donors (Lipinski definition) is 0. The number of nitro groups is 1. The molecule has 1 amide bonds. The van der Waals surface area contributed by atoms with Crippen LogP contribution in [-0.4, -0.2) is 30.0 Å². The molecule has 128 valence electrons. The van der Waals surface area contributed by atoms with E-state index in [0.717, 1.165) is 5.56 Å². The summed E-state index contributed by atoms with van der Waals surface area (Å²) in [6.45, 7) is 0. The number of nitrogens with zero attached hydrogens (tertiary/aromatic N) is 2. The Balaban J connectivity index is 2.02. The first-order chi connectivity index (χ1) is 12.0. The van der Waals surface area contributed by atoms with Gasteiger partial charge in [-0.25, -0.2) is 4.79 Å². The van der Waals surface area contributed by atoms with Crippen molar-refractivity contribution >= 4 is 23.3 Å². The number of anilines is 1. The van der Waals surface area contributed by atoms with Gasteiger partial charge >= 0.3 is 5.97 Å². The van der Waals surface area contributed by atoms with E-state index >= 15 is 0 Å². The van der Waals surface area contributed by atoms with Gasteiger partial charge in [0.2, 0.25) is 0 Å². The Hall–Kier alpha value is -3.22. The molecule has 0 saturated heterocycles. The van der Waals surface area contributed by atoms with Crippen LogP contribution in [0.5, 0.6) is 0 Å². The molecular weight excluding hydrogens is 324 g/mol. The second kappa shape index (κ2) is 6.72. The van der Waals surface area contributed by atoms with Crippen molar-refractivity contribution in [3.05, 3.63) is 69.8 Å². The van der Waals surface area contributed by atoms with Gasteiger partial charge in [-0.15, -0.1) is 0 Å². The molecular formula is C18H16N2O5. The molecule has 0 spiro atoms. The maximum Gasteiger partial charge on any atom is 0.328 e. The molecule has 0 radical (unpaired) electrons. The van der Waals surface area contributed by atoms with E-state index < -0.39 is 22.8 Å². The van der Waals surface area contributed by atoms with Crippen molar-refractivity contribution in [1.82, 2.24) is 0 Å². The van der Waals surface area contributed by atoms with Gasteiger partial charge in [-0.1, -0.05) is 18.2 Å². The zero-order valence-electron chi connectivity index (χ0n) is 13.5. The summed E-state index contributed by atoms with van der Waals surface area (Å²) in [7, 11) is 1.29. The number of fused-ring (bicyclic) bond motifs is 1. The van der Waals surface area contributed by atoms with Crippen molar-refractivity contribution in [2.75, 3.05) is 12.0 Å². The average Bonchev–Trinajstić information content (AvgIpc) is 2.66. The number of methoxy groups -OCH3 is 1. The third-order valence-corrected chi connectivity index (χ3v) is 4.27. The molecule has 3 rings (SSSR count). The Bertz CT molecular complexity index is 832. The van der Waals surface area contributed by atoms with E-state index in [0.29, 0.717) is 18.5 Å². The molecule has 1 aliphatic heterocycles. The molecule has 1 unspecified atom stereocenters. The van der Waals surface area contributed by atoms with Crippen molar-refractivity contribution in [1.29, 1.82) is 0 Å². The van der Waals surface area contributed by atoms with Crippen molar-refractivity contribution < 1.29 is 19.2 Å². The van der Waals surface area contributed by atoms with Crippen molar-refractivity contribution in [3.8, 4) is 0 Å². The molecule has 0 aliphatic carbocycles. The molecule has 0 N–H and O–H groups in total. The second-order valence-corrected chi connectivity index (χ2v) is 5.69. The van der Waals surface area contributed by atoms with Gasteiger partial charge in [0, 0.05) is 23.4 Å². The second-order valence-electron chi connectivity index (χ2n) is 5.69. The van der Waals surface area contributed by atoms with Gasteiger partial charge in [-0.3, -0.25) is 19.8 Å². The summed E-state index contributed by atoms with van der Waals surface area (Å²) >= 11 is 0. The van der Waals surface area contributed by atoms with E-state index in [4.69, 9.17) is 4.74 Å². The summed E-state index contributed by atoms with van der Waals surface area (Å²) in [5.74, 6) is -0.873. The predicted molar refractivity (Wildman–Crippen MR) is 90.5 cm³/mol. The number of para-hydroxylation sites is 1. The quantitative estimate of drug-likeness (QED) is 0.487. The Morgan fingerprint density at radius 2 is 1.84 bits per heavy atom. The molecule has 2 aromatic carbocycles. The molecule has 1 heterocycles. The van der Waals surface area contributed by atoms with Gasteiger partial charge in [0.05, 0.1) is 12.0 Å². The Kier molecular flexibility index (Phi) is 4.47. The molecule has 0 bridgehead atoms. The van der Waals surface area contributed by atoms with E-state index in [1.807, 2.05) is 12.1 Å². The first kappa shape index (κ1) is 16.6. The molecule has 0 fully saturated rings. The number of ether oxygens (including phenoxy) is 1. The molecule has 7 heteroatoms. The van der Waals surface area contributed by atoms with Crippen LogP contribution < -0.4 is 4.90 Å². The lowest BCUT2D eigenvalue weighted by molar-refractivity contribution is -0.384. The van der Waals surface area contributed by atoms with Gasteiger partial charge in [0.15, 0.2) is 0 Å². The van der Waals surface area contributed by atoms with Crippen LogP contribution in [0.4, 0.5) is 11.4 Å². The molecule has 7 nitrogen and oxygen atoms in total. The predicted octanol–water partition coefficient (Wildman–Crippen LogP) is 2.73. The lowest BCUT2D eigenvalue weighted by atomic mass is 9.94. The zero-order valence-corrected chi connectivity index (χ0v) is 13.5. The molecule has 0 saturated carbocycles. The van der Waals surface area contributed by atoms with Crippen LogP contribution in [0.15, 0.2) is 48.5 Å². The fourth-order valence-corrected chi connectivity index (χ4v) is 3.02. The number of benzene rings is 2. The highest BCUT2D eigenvalue weighted by atomic mass is 16.6. The summed E-state index contributed by atoms with van der Waals surface area (Å²) < 4.78 is 4.85. The van der Waals surface area contributed by atoms with E-state index in [1.54, 1.807) is 12.1 Å². The summed E-state index contributed by atoms with van der Waals surface area (Å²) in [6.07, 6.45) is 1.13.